The summed E-state index contributed by atoms with van der Waals surface area (Å²) in [5.74, 6) is -0.347. The number of hydrogen-bond donors (Lipinski definition) is 1. The number of morpholine rings is 1. The minimum Gasteiger partial charge on any atom is -0.379 e. The lowest BCUT2D eigenvalue weighted by Crippen LogP contribution is -2.49. The van der Waals surface area contributed by atoms with Crippen molar-refractivity contribution in [1.82, 2.24) is 10.2 Å². The molecule has 2 rings (SSSR count). The van der Waals surface area contributed by atoms with Crippen LogP contribution in [0, 0.1) is 6.92 Å². The van der Waals surface area contributed by atoms with Crippen LogP contribution in [0.2, 0.25) is 5.02 Å². The molecule has 1 aromatic carbocycles. The Labute approximate surface area is 160 Å². The number of anilines is 1. The first-order valence-electron chi connectivity index (χ1n) is 8.53. The molecule has 1 unspecified atom stereocenters. The van der Waals surface area contributed by atoms with Crippen molar-refractivity contribution in [2.24, 2.45) is 0 Å². The summed E-state index contributed by atoms with van der Waals surface area (Å²) in [4.78, 5) is 14.7. The van der Waals surface area contributed by atoms with E-state index in [0.717, 1.165) is 29.2 Å². The average molecular weight is 404 g/mol. The molecule has 146 valence electrons. The van der Waals surface area contributed by atoms with Crippen LogP contribution in [0.3, 0.4) is 0 Å². The Morgan fingerprint density at radius 3 is 2.62 bits per heavy atom. The Hall–Kier alpha value is -1.35. The molecule has 1 saturated heterocycles. The van der Waals surface area contributed by atoms with Gasteiger partial charge in [-0.05, 0) is 31.5 Å². The molecule has 1 aliphatic heterocycles. The molecular weight excluding hydrogens is 378 g/mol. The van der Waals surface area contributed by atoms with Crippen molar-refractivity contribution in [3.8, 4) is 0 Å². The van der Waals surface area contributed by atoms with Crippen molar-refractivity contribution in [1.29, 1.82) is 0 Å². The molecule has 0 spiro atoms. The highest BCUT2D eigenvalue weighted by Crippen LogP contribution is 2.26. The molecule has 0 bridgehead atoms. The molecule has 0 radical (unpaired) electrons. The zero-order valence-electron chi connectivity index (χ0n) is 15.4. The highest BCUT2D eigenvalue weighted by atomic mass is 35.5. The second kappa shape index (κ2) is 9.03. The molecule has 1 aromatic rings. The highest BCUT2D eigenvalue weighted by molar-refractivity contribution is 7.92. The van der Waals surface area contributed by atoms with Gasteiger partial charge in [-0.1, -0.05) is 17.7 Å². The summed E-state index contributed by atoms with van der Waals surface area (Å²) in [6, 6.07) is 4.07. The van der Waals surface area contributed by atoms with E-state index in [1.54, 1.807) is 25.1 Å². The van der Waals surface area contributed by atoms with Gasteiger partial charge in [0.1, 0.15) is 6.04 Å². The molecule has 1 fully saturated rings. The van der Waals surface area contributed by atoms with Crippen LogP contribution < -0.4 is 9.62 Å². The first-order valence-corrected chi connectivity index (χ1v) is 10.8. The zero-order chi connectivity index (χ0) is 19.3. The maximum absolute atomic E-state index is 12.5. The minimum atomic E-state index is -3.65. The summed E-state index contributed by atoms with van der Waals surface area (Å²) in [5.41, 5.74) is 1.21. The van der Waals surface area contributed by atoms with E-state index in [4.69, 9.17) is 16.3 Å². The second-order valence-corrected chi connectivity index (χ2v) is 8.68. The molecule has 1 N–H and O–H groups in total. The van der Waals surface area contributed by atoms with Crippen molar-refractivity contribution in [3.05, 3.63) is 28.8 Å². The molecule has 0 saturated carbocycles. The van der Waals surface area contributed by atoms with Gasteiger partial charge in [-0.3, -0.25) is 14.0 Å². The van der Waals surface area contributed by atoms with Crippen molar-refractivity contribution >= 4 is 33.2 Å². The van der Waals surface area contributed by atoms with E-state index >= 15 is 0 Å². The third-order valence-electron chi connectivity index (χ3n) is 4.33. The molecule has 1 heterocycles. The molecule has 26 heavy (non-hydrogen) atoms. The predicted octanol–water partition coefficient (Wildman–Crippen LogP) is 1.25. The van der Waals surface area contributed by atoms with Gasteiger partial charge in [-0.2, -0.15) is 0 Å². The van der Waals surface area contributed by atoms with E-state index in [9.17, 15) is 13.2 Å². The van der Waals surface area contributed by atoms with Gasteiger partial charge in [0, 0.05) is 31.2 Å². The fourth-order valence-electron chi connectivity index (χ4n) is 2.84. The maximum Gasteiger partial charge on any atom is 0.243 e. The fraction of sp³-hybridized carbons (Fsp3) is 0.588. The van der Waals surface area contributed by atoms with Crippen LogP contribution >= 0.6 is 11.6 Å². The third kappa shape index (κ3) is 5.57. The Morgan fingerprint density at radius 2 is 2.04 bits per heavy atom. The summed E-state index contributed by atoms with van der Waals surface area (Å²) < 4.78 is 30.9. The molecule has 9 heteroatoms. The Balaban J connectivity index is 2.04. The topological polar surface area (TPSA) is 79.0 Å². The van der Waals surface area contributed by atoms with Gasteiger partial charge >= 0.3 is 0 Å². The van der Waals surface area contributed by atoms with Crippen LogP contribution in [0.4, 0.5) is 5.69 Å². The number of halogens is 1. The van der Waals surface area contributed by atoms with Crippen molar-refractivity contribution in [2.45, 2.75) is 19.9 Å². The Morgan fingerprint density at radius 1 is 1.38 bits per heavy atom. The molecule has 1 amide bonds. The highest BCUT2D eigenvalue weighted by Gasteiger charge is 2.29. The number of carbonyl (C=O) groups is 1. The van der Waals surface area contributed by atoms with Gasteiger partial charge < -0.3 is 10.1 Å². The van der Waals surface area contributed by atoms with E-state index in [0.29, 0.717) is 37.0 Å². The van der Waals surface area contributed by atoms with Crippen LogP contribution in [0.15, 0.2) is 18.2 Å². The molecule has 1 aliphatic rings. The minimum absolute atomic E-state index is 0.347. The van der Waals surface area contributed by atoms with Crippen molar-refractivity contribution < 1.29 is 17.9 Å². The van der Waals surface area contributed by atoms with E-state index in [1.165, 1.54) is 0 Å². The number of nitrogens with one attached hydrogen (secondary N) is 1. The number of aryl methyl sites for hydroxylation is 1. The first-order chi connectivity index (χ1) is 12.2. The van der Waals surface area contributed by atoms with Gasteiger partial charge in [0.2, 0.25) is 15.9 Å². The van der Waals surface area contributed by atoms with Crippen molar-refractivity contribution in [3.63, 3.8) is 0 Å². The van der Waals surface area contributed by atoms with Crippen LogP contribution in [0.5, 0.6) is 0 Å². The van der Waals surface area contributed by atoms with Crippen molar-refractivity contribution in [2.75, 3.05) is 50.0 Å². The second-order valence-electron chi connectivity index (χ2n) is 6.41. The monoisotopic (exact) mass is 403 g/mol. The van der Waals surface area contributed by atoms with Gasteiger partial charge in [-0.15, -0.1) is 0 Å². The fourth-order valence-corrected chi connectivity index (χ4v) is 4.18. The largest absolute Gasteiger partial charge is 0.379 e. The average Bonchev–Trinajstić information content (AvgIpc) is 2.58. The van der Waals surface area contributed by atoms with Gasteiger partial charge in [-0.25, -0.2) is 8.42 Å². The Kier molecular flexibility index (Phi) is 7.28. The zero-order valence-corrected chi connectivity index (χ0v) is 16.9. The van der Waals surface area contributed by atoms with Crippen LogP contribution in [-0.4, -0.2) is 70.9 Å². The number of sulfonamides is 1. The van der Waals surface area contributed by atoms with Gasteiger partial charge in [0.15, 0.2) is 0 Å². The number of amides is 1. The number of hydrogen-bond acceptors (Lipinski definition) is 5. The summed E-state index contributed by atoms with van der Waals surface area (Å²) in [5, 5.41) is 3.27. The summed E-state index contributed by atoms with van der Waals surface area (Å²) in [6.45, 7) is 7.62. The number of carbonyl (C=O) groups excluding carboxylic acids is 1. The lowest BCUT2D eigenvalue weighted by Gasteiger charge is -2.29. The van der Waals surface area contributed by atoms with E-state index < -0.39 is 16.1 Å². The lowest BCUT2D eigenvalue weighted by molar-refractivity contribution is -0.121. The quantitative estimate of drug-likeness (QED) is 0.741. The molecule has 0 aromatic heterocycles. The molecule has 1 atom stereocenters. The Bertz CT molecular complexity index is 736. The van der Waals surface area contributed by atoms with Crippen LogP contribution in [-0.2, 0) is 19.6 Å². The lowest BCUT2D eigenvalue weighted by atomic mass is 10.2. The van der Waals surface area contributed by atoms with Gasteiger partial charge in [0.05, 0.1) is 25.2 Å². The normalized spacial score (nSPS) is 16.9. The maximum atomic E-state index is 12.5. The summed E-state index contributed by atoms with van der Waals surface area (Å²) in [7, 11) is -3.65. The number of rotatable bonds is 7. The molecule has 7 nitrogen and oxygen atoms in total. The van der Waals surface area contributed by atoms with Crippen LogP contribution in [0.25, 0.3) is 0 Å². The summed E-state index contributed by atoms with van der Waals surface area (Å²) >= 11 is 6.12. The van der Waals surface area contributed by atoms with Gasteiger partial charge in [0.25, 0.3) is 0 Å². The third-order valence-corrected chi connectivity index (χ3v) is 5.98. The molecular formula is C17H26ClN3O4S. The van der Waals surface area contributed by atoms with E-state index in [2.05, 4.69) is 10.2 Å². The van der Waals surface area contributed by atoms with E-state index in [-0.39, 0.29) is 5.91 Å². The number of benzene rings is 1. The van der Waals surface area contributed by atoms with Crippen LogP contribution in [0.1, 0.15) is 12.5 Å². The first kappa shape index (κ1) is 21.0. The SMILES string of the molecule is Cc1ccc(N(C(C)C(=O)NCCN2CCOCC2)S(C)(=O)=O)cc1Cl. The predicted molar refractivity (Wildman–Crippen MR) is 103 cm³/mol. The molecule has 0 aliphatic carbocycles. The smallest absolute Gasteiger partial charge is 0.243 e. The number of ether oxygens (including phenoxy) is 1. The standard InChI is InChI=1S/C17H26ClN3O4S/c1-13-4-5-15(12-16(13)18)21(26(3,23)24)14(2)17(22)19-6-7-20-8-10-25-11-9-20/h4-5,12,14H,6-11H2,1-3H3,(H,19,22). The van der Waals surface area contributed by atoms with E-state index in [1.807, 2.05) is 6.92 Å². The number of nitrogens with zero attached hydrogens (tertiary/aromatic N) is 2. The summed E-state index contributed by atoms with van der Waals surface area (Å²) in [6.07, 6.45) is 1.08.